The predicted octanol–water partition coefficient (Wildman–Crippen LogP) is 4.07. The van der Waals surface area contributed by atoms with E-state index in [1.165, 1.54) is 0 Å². The lowest BCUT2D eigenvalue weighted by Gasteiger charge is -2.44. The van der Waals surface area contributed by atoms with Gasteiger partial charge in [0, 0.05) is 31.5 Å². The molecule has 0 unspecified atom stereocenters. The molecule has 6 nitrogen and oxygen atoms in total. The number of nitrogens with zero attached hydrogens (tertiary/aromatic N) is 1. The highest BCUT2D eigenvalue weighted by Gasteiger charge is 2.43. The number of hydrogen-bond acceptors (Lipinski definition) is 5. The molecule has 3 aliphatic rings. The van der Waals surface area contributed by atoms with Gasteiger partial charge in [0.25, 0.3) is 5.91 Å². The van der Waals surface area contributed by atoms with Crippen LogP contribution in [0.25, 0.3) is 0 Å². The quantitative estimate of drug-likeness (QED) is 0.697. The van der Waals surface area contributed by atoms with Crippen LogP contribution in [-0.2, 0) is 0 Å². The van der Waals surface area contributed by atoms with Crippen molar-refractivity contribution in [2.75, 3.05) is 13.1 Å². The molecule has 0 bridgehead atoms. The first-order chi connectivity index (χ1) is 14.8. The highest BCUT2D eigenvalue weighted by Crippen LogP contribution is 2.40. The number of carbonyl (C=O) groups is 3. The Morgan fingerprint density at radius 3 is 2.32 bits per heavy atom. The number of carbonyl (C=O) groups excluding carboxylic acids is 3. The van der Waals surface area contributed by atoms with Gasteiger partial charge in [0.15, 0.2) is 11.6 Å². The van der Waals surface area contributed by atoms with Gasteiger partial charge in [0.1, 0.15) is 22.7 Å². The van der Waals surface area contributed by atoms with Crippen molar-refractivity contribution in [3.05, 3.63) is 59.2 Å². The Morgan fingerprint density at radius 1 is 0.871 bits per heavy atom. The number of ether oxygens (including phenoxy) is 2. The molecule has 0 saturated carbocycles. The number of benzene rings is 2. The normalized spacial score (nSPS) is 21.0. The molecule has 0 radical (unpaired) electrons. The van der Waals surface area contributed by atoms with Crippen LogP contribution >= 0.6 is 0 Å². The van der Waals surface area contributed by atoms with Gasteiger partial charge in [-0.05, 0) is 44.2 Å². The van der Waals surface area contributed by atoms with E-state index in [4.69, 9.17) is 9.47 Å². The smallest absolute Gasteiger partial charge is 0.253 e. The molecule has 2 aromatic carbocycles. The van der Waals surface area contributed by atoms with Crippen LogP contribution in [-0.4, -0.2) is 46.7 Å². The minimum absolute atomic E-state index is 0.00807. The first-order valence-corrected chi connectivity index (χ1v) is 10.7. The third kappa shape index (κ3) is 3.50. The van der Waals surface area contributed by atoms with E-state index in [1.807, 2.05) is 32.0 Å². The highest BCUT2D eigenvalue weighted by atomic mass is 16.5. The van der Waals surface area contributed by atoms with Gasteiger partial charge in [-0.1, -0.05) is 12.1 Å². The number of piperidine rings is 1. The molecule has 160 valence electrons. The summed E-state index contributed by atoms with van der Waals surface area (Å²) in [7, 11) is 0. The van der Waals surface area contributed by atoms with Crippen molar-refractivity contribution in [2.24, 2.45) is 0 Å². The molecule has 1 fully saturated rings. The van der Waals surface area contributed by atoms with Crippen molar-refractivity contribution in [1.82, 2.24) is 4.90 Å². The summed E-state index contributed by atoms with van der Waals surface area (Å²) in [5.41, 5.74) is 0.505. The monoisotopic (exact) mass is 419 g/mol. The highest BCUT2D eigenvalue weighted by molar-refractivity contribution is 6.04. The zero-order valence-corrected chi connectivity index (χ0v) is 17.8. The molecule has 0 aromatic heterocycles. The van der Waals surface area contributed by atoms with Crippen molar-refractivity contribution in [3.8, 4) is 11.5 Å². The number of hydrogen-bond donors (Lipinski definition) is 0. The average Bonchev–Trinajstić information content (AvgIpc) is 2.73. The van der Waals surface area contributed by atoms with Crippen LogP contribution < -0.4 is 9.47 Å². The zero-order valence-electron chi connectivity index (χ0n) is 17.8. The Labute approximate surface area is 181 Å². The van der Waals surface area contributed by atoms with Crippen LogP contribution in [0.1, 0.15) is 70.6 Å². The molecule has 2 aromatic rings. The molecule has 0 atom stereocenters. The van der Waals surface area contributed by atoms with E-state index in [1.54, 1.807) is 29.2 Å². The van der Waals surface area contributed by atoms with E-state index in [9.17, 15) is 14.4 Å². The van der Waals surface area contributed by atoms with Gasteiger partial charge in [-0.15, -0.1) is 0 Å². The standard InChI is InChI=1S/C25H25NO5/c1-24(2)14-19(27)18-13-16(7-8-22(18)30-24)23(29)26-11-9-25(10-12-26)15-20(28)17-5-3-4-6-21(17)31-25/h3-8,13H,9-12,14-15H2,1-2H3. The fraction of sp³-hybridized carbons (Fsp3) is 0.400. The minimum atomic E-state index is -0.548. The second kappa shape index (κ2) is 6.94. The first-order valence-electron chi connectivity index (χ1n) is 10.7. The number of Topliss-reactive ketones (excluding diaryl/α,β-unsaturated/α-hetero) is 2. The Hall–Kier alpha value is -3.15. The molecule has 1 saturated heterocycles. The molecule has 31 heavy (non-hydrogen) atoms. The molecule has 5 rings (SSSR count). The number of fused-ring (bicyclic) bond motifs is 2. The van der Waals surface area contributed by atoms with Crippen molar-refractivity contribution in [2.45, 2.75) is 50.7 Å². The Balaban J connectivity index is 1.31. The summed E-state index contributed by atoms with van der Waals surface area (Å²) in [4.78, 5) is 40.0. The third-order valence-corrected chi connectivity index (χ3v) is 6.46. The SMILES string of the molecule is CC1(C)CC(=O)c2cc(C(=O)N3CCC4(CC3)CC(=O)c3ccccc3O4)ccc2O1. The van der Waals surface area contributed by atoms with E-state index in [-0.39, 0.29) is 23.9 Å². The average molecular weight is 419 g/mol. The first kappa shape index (κ1) is 19.8. The van der Waals surface area contributed by atoms with E-state index in [2.05, 4.69) is 0 Å². The maximum Gasteiger partial charge on any atom is 0.253 e. The Kier molecular flexibility index (Phi) is 4.43. The Bertz CT molecular complexity index is 1090. The molecular weight excluding hydrogens is 394 g/mol. The number of amides is 1. The van der Waals surface area contributed by atoms with Crippen LogP contribution in [0.15, 0.2) is 42.5 Å². The maximum atomic E-state index is 13.1. The van der Waals surface area contributed by atoms with Crippen molar-refractivity contribution in [1.29, 1.82) is 0 Å². The summed E-state index contributed by atoms with van der Waals surface area (Å²) in [6, 6.07) is 12.4. The summed E-state index contributed by atoms with van der Waals surface area (Å²) in [6.45, 7) is 4.77. The molecule has 3 heterocycles. The molecule has 1 spiro atoms. The van der Waals surface area contributed by atoms with Crippen LogP contribution in [0.2, 0.25) is 0 Å². The van der Waals surface area contributed by atoms with Gasteiger partial charge >= 0.3 is 0 Å². The summed E-state index contributed by atoms with van der Waals surface area (Å²) in [5, 5.41) is 0. The number of ketones is 2. The van der Waals surface area contributed by atoms with Crippen molar-refractivity contribution < 1.29 is 23.9 Å². The van der Waals surface area contributed by atoms with Gasteiger partial charge in [-0.3, -0.25) is 14.4 Å². The van der Waals surface area contributed by atoms with E-state index >= 15 is 0 Å². The summed E-state index contributed by atoms with van der Waals surface area (Å²) < 4.78 is 12.1. The van der Waals surface area contributed by atoms with Crippen molar-refractivity contribution >= 4 is 17.5 Å². The lowest BCUT2D eigenvalue weighted by atomic mass is 9.82. The van der Waals surface area contributed by atoms with Gasteiger partial charge in [0.05, 0.1) is 24.0 Å². The fourth-order valence-corrected chi connectivity index (χ4v) is 4.81. The molecule has 6 heteroatoms. The molecule has 0 N–H and O–H groups in total. The number of para-hydroxylation sites is 1. The zero-order chi connectivity index (χ0) is 21.8. The molecule has 0 aliphatic carbocycles. The molecule has 1 amide bonds. The maximum absolute atomic E-state index is 13.1. The summed E-state index contributed by atoms with van der Waals surface area (Å²) in [5.74, 6) is 1.14. The lowest BCUT2D eigenvalue weighted by molar-refractivity contribution is -0.00570. The van der Waals surface area contributed by atoms with Gasteiger partial charge in [-0.2, -0.15) is 0 Å². The van der Waals surface area contributed by atoms with Crippen LogP contribution in [0.5, 0.6) is 11.5 Å². The topological polar surface area (TPSA) is 72.9 Å². The second-order valence-electron chi connectivity index (χ2n) is 9.35. The summed E-state index contributed by atoms with van der Waals surface area (Å²) in [6.07, 6.45) is 1.82. The largest absolute Gasteiger partial charge is 0.487 e. The van der Waals surface area contributed by atoms with Gasteiger partial charge in [0.2, 0.25) is 0 Å². The number of rotatable bonds is 1. The number of likely N-dealkylation sites (tertiary alicyclic amines) is 1. The van der Waals surface area contributed by atoms with E-state index in [0.29, 0.717) is 60.5 Å². The summed E-state index contributed by atoms with van der Waals surface area (Å²) >= 11 is 0. The van der Waals surface area contributed by atoms with E-state index < -0.39 is 11.2 Å². The third-order valence-electron chi connectivity index (χ3n) is 6.46. The Morgan fingerprint density at radius 2 is 1.55 bits per heavy atom. The van der Waals surface area contributed by atoms with Crippen molar-refractivity contribution in [3.63, 3.8) is 0 Å². The second-order valence-corrected chi connectivity index (χ2v) is 9.35. The molecular formula is C25H25NO5. The fourth-order valence-electron chi connectivity index (χ4n) is 4.81. The van der Waals surface area contributed by atoms with Crippen LogP contribution in [0.3, 0.4) is 0 Å². The predicted molar refractivity (Wildman–Crippen MR) is 114 cm³/mol. The van der Waals surface area contributed by atoms with Crippen LogP contribution in [0.4, 0.5) is 0 Å². The van der Waals surface area contributed by atoms with Crippen LogP contribution in [0, 0.1) is 0 Å². The van der Waals surface area contributed by atoms with Gasteiger partial charge < -0.3 is 14.4 Å². The van der Waals surface area contributed by atoms with Gasteiger partial charge in [-0.25, -0.2) is 0 Å². The lowest BCUT2D eigenvalue weighted by Crippen LogP contribution is -2.52. The molecule has 3 aliphatic heterocycles. The minimum Gasteiger partial charge on any atom is -0.487 e. The van der Waals surface area contributed by atoms with E-state index in [0.717, 1.165) is 0 Å².